The van der Waals surface area contributed by atoms with Crippen LogP contribution in [0.15, 0.2) is 24.3 Å². The number of aromatic nitrogens is 1. The number of hydrogen-bond donors (Lipinski definition) is 3. The van der Waals surface area contributed by atoms with Crippen LogP contribution in [0.3, 0.4) is 0 Å². The fourth-order valence-electron chi connectivity index (χ4n) is 3.43. The molecule has 1 unspecified atom stereocenters. The molecule has 0 saturated carbocycles. The second-order valence-electron chi connectivity index (χ2n) is 8.04. The number of rotatable bonds is 11. The van der Waals surface area contributed by atoms with Crippen molar-refractivity contribution in [3.63, 3.8) is 0 Å². The zero-order valence-corrected chi connectivity index (χ0v) is 19.4. The number of aromatic amines is 1. The van der Waals surface area contributed by atoms with Gasteiger partial charge in [-0.3, -0.25) is 24.6 Å². The molecule has 0 saturated heterocycles. The number of primary amides is 1. The number of ether oxygens (including phenoxy) is 1. The van der Waals surface area contributed by atoms with Crippen LogP contribution in [0.5, 0.6) is 5.75 Å². The van der Waals surface area contributed by atoms with Gasteiger partial charge in [0.25, 0.3) is 11.5 Å². The quantitative estimate of drug-likeness (QED) is 0.257. The summed E-state index contributed by atoms with van der Waals surface area (Å²) < 4.78 is 18.7. The molecule has 0 bridgehead atoms. The van der Waals surface area contributed by atoms with E-state index in [9.17, 15) is 23.6 Å². The van der Waals surface area contributed by atoms with Crippen molar-refractivity contribution in [2.24, 2.45) is 17.6 Å². The van der Waals surface area contributed by atoms with Crippen LogP contribution in [0.1, 0.15) is 43.6 Å². The number of carbonyl (C=O) groups excluding carboxylic acids is 4. The van der Waals surface area contributed by atoms with Crippen molar-refractivity contribution in [1.29, 1.82) is 0 Å². The number of benzene rings is 1. The fourth-order valence-corrected chi connectivity index (χ4v) is 3.54. The summed E-state index contributed by atoms with van der Waals surface area (Å²) in [6.45, 7) is 3.41. The van der Waals surface area contributed by atoms with Gasteiger partial charge in [-0.2, -0.15) is 0 Å². The lowest BCUT2D eigenvalue weighted by molar-refractivity contribution is -0.145. The fraction of sp³-hybridized carbons (Fsp3) is 0.455. The highest BCUT2D eigenvalue weighted by atomic mass is 35.5. The average molecular weight is 483 g/mol. The molecule has 4 N–H and O–H groups in total. The van der Waals surface area contributed by atoms with E-state index in [4.69, 9.17) is 22.1 Å². The highest BCUT2D eigenvalue weighted by Gasteiger charge is 2.29. The number of nitrogens with zero attached hydrogens (tertiary/aromatic N) is 1. The second kappa shape index (κ2) is 11.6. The maximum absolute atomic E-state index is 13.4. The van der Waals surface area contributed by atoms with Crippen LogP contribution in [0.2, 0.25) is 0 Å². The molecule has 9 nitrogen and oxygen atoms in total. The summed E-state index contributed by atoms with van der Waals surface area (Å²) in [5.74, 6) is -3.12. The Balaban J connectivity index is 2.21. The van der Waals surface area contributed by atoms with Crippen molar-refractivity contribution in [3.05, 3.63) is 30.0 Å². The summed E-state index contributed by atoms with van der Waals surface area (Å²) in [7, 11) is 1.53. The molecule has 0 aliphatic rings. The van der Waals surface area contributed by atoms with Crippen LogP contribution in [-0.2, 0) is 14.4 Å². The third-order valence-electron chi connectivity index (χ3n) is 4.98. The molecular weight excluding hydrogens is 455 g/mol. The van der Waals surface area contributed by atoms with Crippen LogP contribution in [0, 0.1) is 11.8 Å². The summed E-state index contributed by atoms with van der Waals surface area (Å²) in [6.07, 6.45) is -0.129. The highest BCUT2D eigenvalue weighted by Crippen LogP contribution is 2.27. The monoisotopic (exact) mass is 482 g/mol. The standard InChI is InChI=1S/C22H28ClFN4O5/c1-12(2)9-13(21(31)27-28(8-7-19(25)30)22(32)20(23)24)10-17(29)16-11-14-15(26-16)5-4-6-18(14)33-3/h4-6,11-13,20,26H,7-10H2,1-3H3,(H2,25,30)(H,27,31)/t13-,20?/m1/s1. The molecule has 2 aromatic rings. The molecule has 1 heterocycles. The number of nitrogens with two attached hydrogens (primary N) is 1. The topological polar surface area (TPSA) is 135 Å². The first-order valence-corrected chi connectivity index (χ1v) is 10.8. The zero-order valence-electron chi connectivity index (χ0n) is 18.7. The van der Waals surface area contributed by atoms with Crippen LogP contribution in [0.4, 0.5) is 4.39 Å². The molecule has 1 aromatic carbocycles. The van der Waals surface area contributed by atoms with Crippen molar-refractivity contribution in [1.82, 2.24) is 15.4 Å². The van der Waals surface area contributed by atoms with E-state index in [1.807, 2.05) is 13.8 Å². The lowest BCUT2D eigenvalue weighted by Gasteiger charge is -2.26. The number of alkyl halides is 2. The Labute approximate surface area is 195 Å². The van der Waals surface area contributed by atoms with Crippen molar-refractivity contribution in [2.75, 3.05) is 13.7 Å². The van der Waals surface area contributed by atoms with E-state index in [1.54, 1.807) is 24.3 Å². The number of amides is 3. The molecule has 0 aliphatic carbocycles. The van der Waals surface area contributed by atoms with Gasteiger partial charge in [-0.25, -0.2) is 9.40 Å². The van der Waals surface area contributed by atoms with Gasteiger partial charge in [0.1, 0.15) is 5.75 Å². The highest BCUT2D eigenvalue weighted by molar-refractivity contribution is 6.29. The number of H-pyrrole nitrogens is 1. The average Bonchev–Trinajstić information content (AvgIpc) is 3.19. The Kier molecular flexibility index (Phi) is 9.22. The van der Waals surface area contributed by atoms with Gasteiger partial charge in [-0.15, -0.1) is 0 Å². The van der Waals surface area contributed by atoms with Crippen molar-refractivity contribution in [2.45, 2.75) is 38.7 Å². The van der Waals surface area contributed by atoms with Crippen LogP contribution in [-0.4, -0.2) is 52.8 Å². The molecule has 2 atom stereocenters. The normalized spacial score (nSPS) is 12.9. The number of nitrogens with one attached hydrogen (secondary N) is 2. The van der Waals surface area contributed by atoms with E-state index >= 15 is 0 Å². The van der Waals surface area contributed by atoms with E-state index < -0.39 is 29.3 Å². The number of fused-ring (bicyclic) bond motifs is 1. The first kappa shape index (κ1) is 26.1. The lowest BCUT2D eigenvalue weighted by atomic mass is 9.91. The van der Waals surface area contributed by atoms with Crippen LogP contribution in [0.25, 0.3) is 10.9 Å². The summed E-state index contributed by atoms with van der Waals surface area (Å²) >= 11 is 5.22. The van der Waals surface area contributed by atoms with Gasteiger partial charge >= 0.3 is 0 Å². The Hall–Kier alpha value is -3.14. The predicted octanol–water partition coefficient (Wildman–Crippen LogP) is 2.68. The Bertz CT molecular complexity index is 1020. The van der Waals surface area contributed by atoms with E-state index in [-0.39, 0.29) is 31.1 Å². The second-order valence-corrected chi connectivity index (χ2v) is 8.42. The number of hydrogen-bond acceptors (Lipinski definition) is 5. The number of halogens is 2. The van der Waals surface area contributed by atoms with Gasteiger partial charge in [0.2, 0.25) is 11.8 Å². The largest absolute Gasteiger partial charge is 0.496 e. The molecule has 3 amide bonds. The molecule has 33 heavy (non-hydrogen) atoms. The van der Waals surface area contributed by atoms with E-state index in [2.05, 4.69) is 10.4 Å². The van der Waals surface area contributed by atoms with Crippen molar-refractivity contribution in [3.8, 4) is 5.75 Å². The zero-order chi connectivity index (χ0) is 24.7. The lowest BCUT2D eigenvalue weighted by Crippen LogP contribution is -2.51. The number of hydrazine groups is 1. The van der Waals surface area contributed by atoms with E-state index in [1.165, 1.54) is 7.11 Å². The molecule has 0 aliphatic heterocycles. The minimum atomic E-state index is -2.41. The van der Waals surface area contributed by atoms with E-state index in [0.29, 0.717) is 28.4 Å². The third-order valence-corrected chi connectivity index (χ3v) is 5.17. The van der Waals surface area contributed by atoms with Crippen molar-refractivity contribution < 1.29 is 28.3 Å². The summed E-state index contributed by atoms with van der Waals surface area (Å²) in [5.41, 5.74) is 5.98. The van der Waals surface area contributed by atoms with Crippen molar-refractivity contribution >= 4 is 46.0 Å². The molecule has 0 fully saturated rings. The maximum Gasteiger partial charge on any atom is 0.291 e. The molecular formula is C22H28ClFN4O5. The van der Waals surface area contributed by atoms with Gasteiger partial charge in [0.05, 0.1) is 19.3 Å². The first-order chi connectivity index (χ1) is 15.5. The van der Waals surface area contributed by atoms with Gasteiger partial charge in [0, 0.05) is 29.7 Å². The first-order valence-electron chi connectivity index (χ1n) is 10.4. The minimum absolute atomic E-state index is 0.0491. The summed E-state index contributed by atoms with van der Waals surface area (Å²) in [5, 5.41) is 1.35. The Morgan fingerprint density at radius 1 is 1.27 bits per heavy atom. The number of carbonyl (C=O) groups is 4. The molecule has 1 aromatic heterocycles. The minimum Gasteiger partial charge on any atom is -0.496 e. The van der Waals surface area contributed by atoms with Crippen LogP contribution >= 0.6 is 11.6 Å². The van der Waals surface area contributed by atoms with Gasteiger partial charge in [-0.1, -0.05) is 31.5 Å². The maximum atomic E-state index is 13.4. The molecule has 11 heteroatoms. The summed E-state index contributed by atoms with van der Waals surface area (Å²) in [4.78, 5) is 52.0. The number of Topliss-reactive ketones (excluding diaryl/α,β-unsaturated/α-hetero) is 1. The number of methoxy groups -OCH3 is 1. The van der Waals surface area contributed by atoms with Crippen LogP contribution < -0.4 is 15.9 Å². The Morgan fingerprint density at radius 3 is 2.55 bits per heavy atom. The molecule has 0 radical (unpaired) electrons. The third kappa shape index (κ3) is 7.18. The molecule has 2 rings (SSSR count). The Morgan fingerprint density at radius 2 is 1.97 bits per heavy atom. The van der Waals surface area contributed by atoms with Gasteiger partial charge in [0.15, 0.2) is 5.78 Å². The van der Waals surface area contributed by atoms with Gasteiger partial charge in [-0.05, 0) is 30.5 Å². The van der Waals surface area contributed by atoms with Gasteiger partial charge < -0.3 is 15.5 Å². The molecule has 180 valence electrons. The van der Waals surface area contributed by atoms with E-state index in [0.717, 1.165) is 5.39 Å². The summed E-state index contributed by atoms with van der Waals surface area (Å²) in [6, 6.07) is 7.01. The SMILES string of the molecule is COc1cccc2[nH]c(C(=O)C[C@@H](CC(C)C)C(=O)NN(CCC(N)=O)C(=O)C(F)Cl)cc12. The molecule has 0 spiro atoms. The number of ketones is 1. The smallest absolute Gasteiger partial charge is 0.291 e. The predicted molar refractivity (Wildman–Crippen MR) is 121 cm³/mol.